The minimum Gasteiger partial charge on any atom is -0.443 e. The molecular formula is C21H27NO2. The van der Waals surface area contributed by atoms with Crippen molar-refractivity contribution in [1.82, 2.24) is 4.90 Å². The number of ether oxygens (including phenoxy) is 1. The highest BCUT2D eigenvalue weighted by Gasteiger charge is 2.29. The summed E-state index contributed by atoms with van der Waals surface area (Å²) in [4.78, 5) is 14.5. The van der Waals surface area contributed by atoms with Gasteiger partial charge < -0.3 is 4.74 Å². The number of rotatable bonds is 1. The Hall–Kier alpha value is -2.03. The molecule has 1 aliphatic carbocycles. The van der Waals surface area contributed by atoms with E-state index in [-0.39, 0.29) is 6.09 Å². The van der Waals surface area contributed by atoms with Gasteiger partial charge in [-0.15, -0.1) is 0 Å². The fourth-order valence-corrected chi connectivity index (χ4v) is 3.26. The Morgan fingerprint density at radius 1 is 1.29 bits per heavy atom. The first-order valence-electron chi connectivity index (χ1n) is 8.84. The van der Waals surface area contributed by atoms with Gasteiger partial charge in [-0.05, 0) is 68.7 Å². The average molecular weight is 325 g/mol. The molecule has 0 radical (unpaired) electrons. The van der Waals surface area contributed by atoms with Crippen LogP contribution in [-0.2, 0) is 11.2 Å². The van der Waals surface area contributed by atoms with Gasteiger partial charge in [0.1, 0.15) is 5.60 Å². The normalized spacial score (nSPS) is 20.4. The number of allylic oxidation sites excluding steroid dienone is 2. The molecule has 128 valence electrons. The maximum atomic E-state index is 12.7. The van der Waals surface area contributed by atoms with Crippen LogP contribution in [0.15, 0.2) is 30.4 Å². The predicted molar refractivity (Wildman–Crippen MR) is 98.5 cm³/mol. The Balaban J connectivity index is 1.92. The molecule has 0 bridgehead atoms. The molecule has 1 amide bonds. The van der Waals surface area contributed by atoms with Crippen LogP contribution in [0.1, 0.15) is 57.2 Å². The second-order valence-electron chi connectivity index (χ2n) is 7.88. The van der Waals surface area contributed by atoms with Gasteiger partial charge in [-0.3, -0.25) is 4.90 Å². The number of carbonyl (C=O) groups excluding carboxylic acids is 1. The summed E-state index contributed by atoms with van der Waals surface area (Å²) in [5, 5.41) is 0. The fraction of sp³-hybridized carbons (Fsp3) is 0.476. The zero-order valence-electron chi connectivity index (χ0n) is 15.1. The van der Waals surface area contributed by atoms with Gasteiger partial charge in [-0.2, -0.15) is 0 Å². The molecule has 1 aromatic rings. The van der Waals surface area contributed by atoms with Crippen molar-refractivity contribution in [1.29, 1.82) is 0 Å². The minimum atomic E-state index is -0.483. The molecule has 24 heavy (non-hydrogen) atoms. The monoisotopic (exact) mass is 325 g/mol. The molecule has 2 aliphatic rings. The Kier molecular flexibility index (Phi) is 4.53. The zero-order chi connectivity index (χ0) is 17.3. The molecule has 0 spiro atoms. The molecule has 3 heteroatoms. The van der Waals surface area contributed by atoms with E-state index in [4.69, 9.17) is 4.74 Å². The molecule has 0 fully saturated rings. The number of fused-ring (bicyclic) bond motifs is 1. The summed E-state index contributed by atoms with van der Waals surface area (Å²) in [6.45, 7) is 8.60. The molecule has 1 heterocycles. The van der Waals surface area contributed by atoms with Crippen LogP contribution in [0.3, 0.4) is 0 Å². The maximum Gasteiger partial charge on any atom is 0.414 e. The highest BCUT2D eigenvalue weighted by molar-refractivity contribution is 5.83. The van der Waals surface area contributed by atoms with Gasteiger partial charge in [0, 0.05) is 6.54 Å². The number of benzene rings is 1. The van der Waals surface area contributed by atoms with Crippen LogP contribution >= 0.6 is 0 Å². The second kappa shape index (κ2) is 6.46. The van der Waals surface area contributed by atoms with E-state index in [1.54, 1.807) is 4.90 Å². The molecule has 0 aromatic heterocycles. The molecular weight excluding hydrogens is 298 g/mol. The first kappa shape index (κ1) is 16.8. The van der Waals surface area contributed by atoms with Crippen molar-refractivity contribution in [2.75, 3.05) is 6.54 Å². The summed E-state index contributed by atoms with van der Waals surface area (Å²) in [5.41, 5.74) is 4.27. The number of carbonyl (C=O) groups is 1. The molecule has 3 rings (SSSR count). The molecule has 1 atom stereocenters. The number of hydrogen-bond acceptors (Lipinski definition) is 2. The smallest absolute Gasteiger partial charge is 0.414 e. The van der Waals surface area contributed by atoms with E-state index < -0.39 is 5.60 Å². The van der Waals surface area contributed by atoms with Crippen LogP contribution in [0.4, 0.5) is 4.79 Å². The first-order valence-corrected chi connectivity index (χ1v) is 8.84. The number of amides is 1. The molecule has 1 unspecified atom stereocenters. The van der Waals surface area contributed by atoms with Gasteiger partial charge in [0.25, 0.3) is 0 Å². The standard InChI is InChI=1S/C21H27NO2/c1-15-9-12-19(22(14-15)20(23)24-21(2,3)4)18-11-10-16-7-5-6-8-17(16)13-18/h5,7,10-13,15H,6,8-9,14H2,1-4H3. The van der Waals surface area contributed by atoms with Crippen LogP contribution in [0, 0.1) is 5.92 Å². The highest BCUT2D eigenvalue weighted by atomic mass is 16.6. The summed E-state index contributed by atoms with van der Waals surface area (Å²) >= 11 is 0. The van der Waals surface area contributed by atoms with Crippen LogP contribution in [-0.4, -0.2) is 23.1 Å². The quantitative estimate of drug-likeness (QED) is 0.704. The number of aryl methyl sites for hydroxylation is 1. The van der Waals surface area contributed by atoms with Crippen molar-refractivity contribution >= 4 is 17.9 Å². The van der Waals surface area contributed by atoms with E-state index in [1.807, 2.05) is 20.8 Å². The fourth-order valence-electron chi connectivity index (χ4n) is 3.26. The van der Waals surface area contributed by atoms with Crippen molar-refractivity contribution in [3.05, 3.63) is 47.0 Å². The lowest BCUT2D eigenvalue weighted by atomic mass is 9.92. The molecule has 0 saturated heterocycles. The van der Waals surface area contributed by atoms with Gasteiger partial charge in [-0.1, -0.05) is 37.3 Å². The lowest BCUT2D eigenvalue weighted by Crippen LogP contribution is -2.39. The van der Waals surface area contributed by atoms with Gasteiger partial charge in [0.15, 0.2) is 0 Å². The first-order chi connectivity index (χ1) is 11.3. The third kappa shape index (κ3) is 3.72. The molecule has 1 aromatic carbocycles. The van der Waals surface area contributed by atoms with Gasteiger partial charge in [0.2, 0.25) is 0 Å². The van der Waals surface area contributed by atoms with Crippen LogP contribution in [0.2, 0.25) is 0 Å². The van der Waals surface area contributed by atoms with Gasteiger partial charge >= 0.3 is 6.09 Å². The van der Waals surface area contributed by atoms with Crippen LogP contribution in [0.25, 0.3) is 11.8 Å². The molecule has 3 nitrogen and oxygen atoms in total. The molecule has 0 saturated carbocycles. The summed E-state index contributed by atoms with van der Waals surface area (Å²) < 4.78 is 5.62. The van der Waals surface area contributed by atoms with Crippen molar-refractivity contribution < 1.29 is 9.53 Å². The van der Waals surface area contributed by atoms with E-state index in [2.05, 4.69) is 43.4 Å². The molecule has 1 aliphatic heterocycles. The minimum absolute atomic E-state index is 0.252. The summed E-state index contributed by atoms with van der Waals surface area (Å²) in [5.74, 6) is 0.446. The van der Waals surface area contributed by atoms with Crippen molar-refractivity contribution in [3.63, 3.8) is 0 Å². The Morgan fingerprint density at radius 3 is 2.83 bits per heavy atom. The van der Waals surface area contributed by atoms with E-state index in [0.29, 0.717) is 12.5 Å². The number of hydrogen-bond donors (Lipinski definition) is 0. The highest BCUT2D eigenvalue weighted by Crippen LogP contribution is 2.31. The summed E-state index contributed by atoms with van der Waals surface area (Å²) in [6.07, 6.45) is 9.47. The van der Waals surface area contributed by atoms with E-state index in [9.17, 15) is 4.79 Å². The maximum absolute atomic E-state index is 12.7. The summed E-state index contributed by atoms with van der Waals surface area (Å²) in [7, 11) is 0. The predicted octanol–water partition coefficient (Wildman–Crippen LogP) is 5.26. The Bertz CT molecular complexity index is 694. The third-order valence-corrected chi connectivity index (χ3v) is 4.43. The molecule has 0 N–H and O–H groups in total. The Morgan fingerprint density at radius 2 is 2.08 bits per heavy atom. The topological polar surface area (TPSA) is 29.5 Å². The van der Waals surface area contributed by atoms with E-state index >= 15 is 0 Å². The largest absolute Gasteiger partial charge is 0.443 e. The van der Waals surface area contributed by atoms with Crippen molar-refractivity contribution in [3.8, 4) is 0 Å². The lowest BCUT2D eigenvalue weighted by molar-refractivity contribution is 0.0327. The second-order valence-corrected chi connectivity index (χ2v) is 7.88. The Labute approximate surface area is 145 Å². The average Bonchev–Trinajstić information content (AvgIpc) is 2.53. The van der Waals surface area contributed by atoms with Crippen LogP contribution < -0.4 is 0 Å². The SMILES string of the molecule is CC1CC=C(c2ccc3c(c2)CCC=C3)N(C(=O)OC(C)(C)C)C1. The van der Waals surface area contributed by atoms with Crippen molar-refractivity contribution in [2.24, 2.45) is 5.92 Å². The summed E-state index contributed by atoms with van der Waals surface area (Å²) in [6, 6.07) is 6.51. The van der Waals surface area contributed by atoms with E-state index in [0.717, 1.165) is 30.5 Å². The zero-order valence-corrected chi connectivity index (χ0v) is 15.1. The van der Waals surface area contributed by atoms with Gasteiger partial charge in [0.05, 0.1) is 5.70 Å². The van der Waals surface area contributed by atoms with Crippen molar-refractivity contribution in [2.45, 2.75) is 52.6 Å². The third-order valence-electron chi connectivity index (χ3n) is 4.43. The van der Waals surface area contributed by atoms with E-state index in [1.165, 1.54) is 11.1 Å². The number of nitrogens with zero attached hydrogens (tertiary/aromatic N) is 1. The van der Waals surface area contributed by atoms with Gasteiger partial charge in [-0.25, -0.2) is 4.79 Å². The van der Waals surface area contributed by atoms with Crippen LogP contribution in [0.5, 0.6) is 0 Å². The lowest BCUT2D eigenvalue weighted by Gasteiger charge is -2.34.